The summed E-state index contributed by atoms with van der Waals surface area (Å²) in [7, 11) is -2.74. The SMILES string of the molecule is CCC1CS(=O)(=O)CCC1C(C)(C)C. The van der Waals surface area contributed by atoms with E-state index in [9.17, 15) is 8.42 Å². The Morgan fingerprint density at radius 3 is 2.29 bits per heavy atom. The van der Waals surface area contributed by atoms with Gasteiger partial charge in [0.2, 0.25) is 0 Å². The Morgan fingerprint density at radius 1 is 1.29 bits per heavy atom. The van der Waals surface area contributed by atoms with Crippen molar-refractivity contribution in [1.29, 1.82) is 0 Å². The van der Waals surface area contributed by atoms with Crippen LogP contribution in [0.15, 0.2) is 0 Å². The summed E-state index contributed by atoms with van der Waals surface area (Å²) in [4.78, 5) is 0. The van der Waals surface area contributed by atoms with Crippen LogP contribution in [-0.4, -0.2) is 19.9 Å². The summed E-state index contributed by atoms with van der Waals surface area (Å²) in [5, 5.41) is 0. The summed E-state index contributed by atoms with van der Waals surface area (Å²) in [6, 6.07) is 0. The molecule has 1 heterocycles. The molecule has 1 fully saturated rings. The third kappa shape index (κ3) is 2.72. The van der Waals surface area contributed by atoms with E-state index in [4.69, 9.17) is 0 Å². The summed E-state index contributed by atoms with van der Waals surface area (Å²) in [6.07, 6.45) is 1.84. The third-order valence-corrected chi connectivity index (χ3v) is 5.21. The van der Waals surface area contributed by atoms with Crippen molar-refractivity contribution in [3.05, 3.63) is 0 Å². The van der Waals surface area contributed by atoms with Crippen molar-refractivity contribution in [3.63, 3.8) is 0 Å². The van der Waals surface area contributed by atoms with E-state index in [0.717, 1.165) is 12.8 Å². The maximum absolute atomic E-state index is 11.5. The van der Waals surface area contributed by atoms with Crippen molar-refractivity contribution in [3.8, 4) is 0 Å². The second-order valence-corrected chi connectivity index (χ2v) is 7.77. The molecule has 0 aromatic rings. The predicted molar refractivity (Wildman–Crippen MR) is 60.0 cm³/mol. The van der Waals surface area contributed by atoms with E-state index in [-0.39, 0.29) is 5.41 Å². The molecule has 1 saturated heterocycles. The lowest BCUT2D eigenvalue weighted by Gasteiger charge is -2.39. The topological polar surface area (TPSA) is 34.1 Å². The second-order valence-electron chi connectivity index (χ2n) is 5.54. The van der Waals surface area contributed by atoms with Crippen molar-refractivity contribution in [2.24, 2.45) is 17.3 Å². The number of hydrogen-bond donors (Lipinski definition) is 0. The molecule has 1 aliphatic heterocycles. The van der Waals surface area contributed by atoms with Crippen LogP contribution in [0.4, 0.5) is 0 Å². The maximum atomic E-state index is 11.5. The average molecular weight is 218 g/mol. The molecule has 0 aliphatic carbocycles. The number of rotatable bonds is 1. The Morgan fingerprint density at radius 2 is 1.86 bits per heavy atom. The van der Waals surface area contributed by atoms with Gasteiger partial charge in [0.1, 0.15) is 0 Å². The first-order valence-electron chi connectivity index (χ1n) is 5.46. The van der Waals surface area contributed by atoms with Crippen LogP contribution in [0, 0.1) is 17.3 Å². The van der Waals surface area contributed by atoms with Crippen LogP contribution in [0.3, 0.4) is 0 Å². The lowest BCUT2D eigenvalue weighted by molar-refractivity contribution is 0.154. The molecule has 84 valence electrons. The fourth-order valence-electron chi connectivity index (χ4n) is 2.61. The van der Waals surface area contributed by atoms with Crippen LogP contribution in [-0.2, 0) is 9.84 Å². The van der Waals surface area contributed by atoms with Crippen molar-refractivity contribution < 1.29 is 8.42 Å². The van der Waals surface area contributed by atoms with Gasteiger partial charge in [-0.25, -0.2) is 8.42 Å². The standard InChI is InChI=1S/C11H22O2S/c1-5-9-8-14(12,13)7-6-10(9)11(2,3)4/h9-10H,5-8H2,1-4H3. The molecule has 3 heteroatoms. The van der Waals surface area contributed by atoms with Crippen LogP contribution in [0.25, 0.3) is 0 Å². The number of hydrogen-bond acceptors (Lipinski definition) is 2. The quantitative estimate of drug-likeness (QED) is 0.677. The molecule has 2 atom stereocenters. The maximum Gasteiger partial charge on any atom is 0.150 e. The molecule has 0 aromatic carbocycles. The largest absolute Gasteiger partial charge is 0.229 e. The van der Waals surface area contributed by atoms with Gasteiger partial charge in [-0.2, -0.15) is 0 Å². The highest BCUT2D eigenvalue weighted by atomic mass is 32.2. The van der Waals surface area contributed by atoms with Crippen LogP contribution in [0.2, 0.25) is 0 Å². The molecule has 0 amide bonds. The molecule has 1 aliphatic rings. The molecule has 0 bridgehead atoms. The molecule has 0 spiro atoms. The van der Waals surface area contributed by atoms with Crippen molar-refractivity contribution in [2.45, 2.75) is 40.5 Å². The van der Waals surface area contributed by atoms with Gasteiger partial charge in [0.25, 0.3) is 0 Å². The normalized spacial score (nSPS) is 32.9. The fourth-order valence-corrected chi connectivity index (χ4v) is 4.51. The Hall–Kier alpha value is -0.0500. The summed E-state index contributed by atoms with van der Waals surface area (Å²) in [6.45, 7) is 8.76. The first kappa shape index (κ1) is 12.0. The van der Waals surface area contributed by atoms with Crippen LogP contribution in [0.5, 0.6) is 0 Å². The highest BCUT2D eigenvalue weighted by Crippen LogP contribution is 2.40. The van der Waals surface area contributed by atoms with Gasteiger partial charge in [0.15, 0.2) is 9.84 Å². The van der Waals surface area contributed by atoms with Crippen molar-refractivity contribution in [2.75, 3.05) is 11.5 Å². The first-order chi connectivity index (χ1) is 6.26. The Kier molecular flexibility index (Phi) is 3.30. The Labute approximate surface area is 88.0 Å². The molecule has 1 rings (SSSR count). The van der Waals surface area contributed by atoms with E-state index < -0.39 is 9.84 Å². The van der Waals surface area contributed by atoms with Gasteiger partial charge in [-0.15, -0.1) is 0 Å². The Bertz CT molecular complexity index is 285. The van der Waals surface area contributed by atoms with E-state index >= 15 is 0 Å². The van der Waals surface area contributed by atoms with Gasteiger partial charge in [-0.3, -0.25) is 0 Å². The van der Waals surface area contributed by atoms with E-state index in [0.29, 0.717) is 23.3 Å². The molecule has 0 saturated carbocycles. The van der Waals surface area contributed by atoms with Gasteiger partial charge in [-0.1, -0.05) is 34.1 Å². The molecule has 0 N–H and O–H groups in total. The fraction of sp³-hybridized carbons (Fsp3) is 1.00. The minimum atomic E-state index is -2.74. The second kappa shape index (κ2) is 3.84. The molecule has 14 heavy (non-hydrogen) atoms. The third-order valence-electron chi connectivity index (χ3n) is 3.41. The predicted octanol–water partition coefficient (Wildman–Crippen LogP) is 2.49. The van der Waals surface area contributed by atoms with Crippen LogP contribution < -0.4 is 0 Å². The van der Waals surface area contributed by atoms with E-state index in [1.165, 1.54) is 0 Å². The monoisotopic (exact) mass is 218 g/mol. The van der Waals surface area contributed by atoms with Gasteiger partial charge < -0.3 is 0 Å². The zero-order chi connectivity index (χ0) is 11.0. The molecule has 2 unspecified atom stereocenters. The van der Waals surface area contributed by atoms with Crippen LogP contribution >= 0.6 is 0 Å². The number of sulfone groups is 1. The van der Waals surface area contributed by atoms with Gasteiger partial charge in [-0.05, 0) is 23.7 Å². The van der Waals surface area contributed by atoms with Crippen molar-refractivity contribution in [1.82, 2.24) is 0 Å². The minimum absolute atomic E-state index is 0.247. The molecular formula is C11H22O2S. The smallest absolute Gasteiger partial charge is 0.150 e. The summed E-state index contributed by atoms with van der Waals surface area (Å²) < 4.78 is 23.0. The summed E-state index contributed by atoms with van der Waals surface area (Å²) in [5.74, 6) is 1.74. The summed E-state index contributed by atoms with van der Waals surface area (Å²) >= 11 is 0. The van der Waals surface area contributed by atoms with Gasteiger partial charge >= 0.3 is 0 Å². The average Bonchev–Trinajstić information content (AvgIpc) is 2.00. The van der Waals surface area contributed by atoms with Crippen LogP contribution in [0.1, 0.15) is 40.5 Å². The van der Waals surface area contributed by atoms with Gasteiger partial charge in [0.05, 0.1) is 11.5 Å². The molecular weight excluding hydrogens is 196 g/mol. The van der Waals surface area contributed by atoms with Crippen molar-refractivity contribution >= 4 is 9.84 Å². The first-order valence-corrected chi connectivity index (χ1v) is 7.29. The zero-order valence-electron chi connectivity index (χ0n) is 9.71. The molecule has 0 aromatic heterocycles. The molecule has 2 nitrogen and oxygen atoms in total. The lowest BCUT2D eigenvalue weighted by atomic mass is 9.71. The summed E-state index contributed by atoms with van der Waals surface area (Å²) in [5.41, 5.74) is 0.247. The Balaban J connectivity index is 2.82. The van der Waals surface area contributed by atoms with Gasteiger partial charge in [0, 0.05) is 0 Å². The molecule has 0 radical (unpaired) electrons. The zero-order valence-corrected chi connectivity index (χ0v) is 10.5. The minimum Gasteiger partial charge on any atom is -0.229 e. The lowest BCUT2D eigenvalue weighted by Crippen LogP contribution is -2.39. The highest BCUT2D eigenvalue weighted by Gasteiger charge is 2.38. The highest BCUT2D eigenvalue weighted by molar-refractivity contribution is 7.91. The van der Waals surface area contributed by atoms with E-state index in [1.54, 1.807) is 0 Å². The van der Waals surface area contributed by atoms with E-state index in [2.05, 4.69) is 27.7 Å². The van der Waals surface area contributed by atoms with E-state index in [1.807, 2.05) is 0 Å².